The van der Waals surface area contributed by atoms with E-state index in [1.807, 2.05) is 0 Å². The molecule has 2 rings (SSSR count). The molecule has 0 atom stereocenters. The van der Waals surface area contributed by atoms with Gasteiger partial charge in [0.25, 0.3) is 0 Å². The van der Waals surface area contributed by atoms with Gasteiger partial charge in [-0.15, -0.1) is 0 Å². The Kier molecular flexibility index (Phi) is 1.57. The lowest BCUT2D eigenvalue weighted by molar-refractivity contribution is 0.825. The minimum atomic E-state index is 0.348. The first-order valence-corrected chi connectivity index (χ1v) is 4.47. The van der Waals surface area contributed by atoms with E-state index in [0.717, 1.165) is 0 Å². The molecule has 1 aliphatic rings. The van der Waals surface area contributed by atoms with Crippen LogP contribution in [0.4, 0.5) is 0 Å². The van der Waals surface area contributed by atoms with Gasteiger partial charge in [-0.1, -0.05) is 42.5 Å². The Morgan fingerprint density at radius 2 is 1.83 bits per heavy atom. The molecular weight excluding hydrogens is 144 g/mol. The Hall–Kier alpha value is -1.04. The van der Waals surface area contributed by atoms with E-state index in [4.69, 9.17) is 0 Å². The van der Waals surface area contributed by atoms with E-state index in [1.54, 1.807) is 0 Å². The van der Waals surface area contributed by atoms with Crippen molar-refractivity contribution in [3.8, 4) is 0 Å². The Morgan fingerprint density at radius 3 is 2.25 bits per heavy atom. The second kappa shape index (κ2) is 2.48. The molecule has 0 saturated heterocycles. The molecule has 0 unspecified atom stereocenters. The van der Waals surface area contributed by atoms with Gasteiger partial charge in [0.05, 0.1) is 0 Å². The molecule has 0 N–H and O–H groups in total. The number of hydrogen-bond donors (Lipinski definition) is 0. The number of hydrogen-bond acceptors (Lipinski definition) is 0. The van der Waals surface area contributed by atoms with Crippen LogP contribution < -0.4 is 0 Å². The molecular formula is C12H14. The first-order chi connectivity index (χ1) is 5.76. The van der Waals surface area contributed by atoms with Crippen LogP contribution in [0.5, 0.6) is 0 Å². The standard InChI is InChI=1S/C12H14/c1-10(2)12(8-9-12)11-6-4-3-5-7-11/h3-7H,1,8-9H2,2H3. The molecule has 1 saturated carbocycles. The molecule has 1 aromatic carbocycles. The number of allylic oxidation sites excluding steroid dienone is 1. The Bertz CT molecular complexity index is 291. The van der Waals surface area contributed by atoms with Crippen LogP contribution in [0.15, 0.2) is 42.5 Å². The largest absolute Gasteiger partial charge is 0.0992 e. The maximum absolute atomic E-state index is 4.07. The highest BCUT2D eigenvalue weighted by molar-refractivity contribution is 5.40. The van der Waals surface area contributed by atoms with Gasteiger partial charge >= 0.3 is 0 Å². The summed E-state index contributed by atoms with van der Waals surface area (Å²) < 4.78 is 0. The minimum absolute atomic E-state index is 0.348. The van der Waals surface area contributed by atoms with Gasteiger partial charge in [-0.2, -0.15) is 0 Å². The molecule has 0 radical (unpaired) electrons. The third-order valence-electron chi connectivity index (χ3n) is 2.89. The lowest BCUT2D eigenvalue weighted by Crippen LogP contribution is -2.06. The van der Waals surface area contributed by atoms with E-state index in [9.17, 15) is 0 Å². The topological polar surface area (TPSA) is 0 Å². The minimum Gasteiger partial charge on any atom is -0.0992 e. The van der Waals surface area contributed by atoms with Crippen LogP contribution in [0.25, 0.3) is 0 Å². The van der Waals surface area contributed by atoms with E-state index < -0.39 is 0 Å². The Labute approximate surface area is 73.9 Å². The van der Waals surface area contributed by atoms with E-state index in [0.29, 0.717) is 5.41 Å². The van der Waals surface area contributed by atoms with Crippen molar-refractivity contribution in [2.24, 2.45) is 0 Å². The predicted molar refractivity (Wildman–Crippen MR) is 52.2 cm³/mol. The molecule has 0 nitrogen and oxygen atoms in total. The van der Waals surface area contributed by atoms with E-state index in [-0.39, 0.29) is 0 Å². The molecule has 62 valence electrons. The van der Waals surface area contributed by atoms with Gasteiger partial charge in [0, 0.05) is 5.41 Å². The highest BCUT2D eigenvalue weighted by Gasteiger charge is 2.44. The van der Waals surface area contributed by atoms with Gasteiger partial charge in [-0.3, -0.25) is 0 Å². The Balaban J connectivity index is 2.37. The number of benzene rings is 1. The molecule has 0 aliphatic heterocycles. The third-order valence-corrected chi connectivity index (χ3v) is 2.89. The average Bonchev–Trinajstić information content (AvgIpc) is 2.86. The summed E-state index contributed by atoms with van der Waals surface area (Å²) in [4.78, 5) is 0. The third kappa shape index (κ3) is 0.989. The molecule has 0 heteroatoms. The summed E-state index contributed by atoms with van der Waals surface area (Å²) in [6.45, 7) is 6.20. The first-order valence-electron chi connectivity index (χ1n) is 4.47. The maximum Gasteiger partial charge on any atom is 0.0157 e. The van der Waals surface area contributed by atoms with Crippen molar-refractivity contribution in [1.29, 1.82) is 0 Å². The van der Waals surface area contributed by atoms with Crippen molar-refractivity contribution in [1.82, 2.24) is 0 Å². The fraction of sp³-hybridized carbons (Fsp3) is 0.333. The van der Waals surface area contributed by atoms with E-state index in [2.05, 4.69) is 43.8 Å². The fourth-order valence-corrected chi connectivity index (χ4v) is 1.84. The maximum atomic E-state index is 4.07. The van der Waals surface area contributed by atoms with E-state index in [1.165, 1.54) is 24.0 Å². The van der Waals surface area contributed by atoms with Crippen LogP contribution in [0.1, 0.15) is 25.3 Å². The predicted octanol–water partition coefficient (Wildman–Crippen LogP) is 3.29. The van der Waals surface area contributed by atoms with Gasteiger partial charge in [0.2, 0.25) is 0 Å². The van der Waals surface area contributed by atoms with Gasteiger partial charge < -0.3 is 0 Å². The highest BCUT2D eigenvalue weighted by Crippen LogP contribution is 2.52. The molecule has 1 aromatic rings. The van der Waals surface area contributed by atoms with Crippen molar-refractivity contribution in [3.63, 3.8) is 0 Å². The van der Waals surface area contributed by atoms with Crippen LogP contribution in [-0.4, -0.2) is 0 Å². The smallest absolute Gasteiger partial charge is 0.0157 e. The SMILES string of the molecule is C=C(C)C1(c2ccccc2)CC1. The van der Waals surface area contributed by atoms with Crippen LogP contribution in [0, 0.1) is 0 Å². The van der Waals surface area contributed by atoms with E-state index >= 15 is 0 Å². The molecule has 1 aliphatic carbocycles. The zero-order valence-corrected chi connectivity index (χ0v) is 7.51. The van der Waals surface area contributed by atoms with Gasteiger partial charge in [0.15, 0.2) is 0 Å². The molecule has 0 bridgehead atoms. The lowest BCUT2D eigenvalue weighted by Gasteiger charge is -2.14. The summed E-state index contributed by atoms with van der Waals surface area (Å²) in [5.41, 5.74) is 3.10. The zero-order chi connectivity index (χ0) is 8.60. The zero-order valence-electron chi connectivity index (χ0n) is 7.51. The van der Waals surface area contributed by atoms with Crippen molar-refractivity contribution >= 4 is 0 Å². The Morgan fingerprint density at radius 1 is 1.25 bits per heavy atom. The molecule has 1 fully saturated rings. The first kappa shape index (κ1) is 7.60. The van der Waals surface area contributed by atoms with Gasteiger partial charge in [0.1, 0.15) is 0 Å². The molecule has 0 aromatic heterocycles. The number of rotatable bonds is 2. The van der Waals surface area contributed by atoms with Crippen molar-refractivity contribution in [2.45, 2.75) is 25.2 Å². The van der Waals surface area contributed by atoms with Gasteiger partial charge in [-0.05, 0) is 25.3 Å². The monoisotopic (exact) mass is 158 g/mol. The van der Waals surface area contributed by atoms with Gasteiger partial charge in [-0.25, -0.2) is 0 Å². The normalized spacial score (nSPS) is 18.8. The molecule has 0 amide bonds. The molecule has 12 heavy (non-hydrogen) atoms. The quantitative estimate of drug-likeness (QED) is 0.579. The molecule has 0 spiro atoms. The van der Waals surface area contributed by atoms with Crippen LogP contribution in [-0.2, 0) is 5.41 Å². The second-order valence-electron chi connectivity index (χ2n) is 3.73. The summed E-state index contributed by atoms with van der Waals surface area (Å²) in [6, 6.07) is 10.7. The average molecular weight is 158 g/mol. The summed E-state index contributed by atoms with van der Waals surface area (Å²) in [5.74, 6) is 0. The highest BCUT2D eigenvalue weighted by atomic mass is 14.5. The van der Waals surface area contributed by atoms with Crippen LogP contribution in [0.3, 0.4) is 0 Å². The summed E-state index contributed by atoms with van der Waals surface area (Å²) in [7, 11) is 0. The van der Waals surface area contributed by atoms with Crippen LogP contribution in [0.2, 0.25) is 0 Å². The summed E-state index contributed by atoms with van der Waals surface area (Å²) in [5, 5.41) is 0. The lowest BCUT2D eigenvalue weighted by atomic mass is 9.90. The van der Waals surface area contributed by atoms with Crippen LogP contribution >= 0.6 is 0 Å². The summed E-state index contributed by atoms with van der Waals surface area (Å²) >= 11 is 0. The van der Waals surface area contributed by atoms with Crippen molar-refractivity contribution < 1.29 is 0 Å². The van der Waals surface area contributed by atoms with Crippen molar-refractivity contribution in [2.75, 3.05) is 0 Å². The van der Waals surface area contributed by atoms with Crippen molar-refractivity contribution in [3.05, 3.63) is 48.0 Å². The molecule has 0 heterocycles. The summed E-state index contributed by atoms with van der Waals surface area (Å²) in [6.07, 6.45) is 2.57. The second-order valence-corrected chi connectivity index (χ2v) is 3.73. The fourth-order valence-electron chi connectivity index (χ4n) is 1.84.